The molecular formula is C13H22N2O4. The summed E-state index contributed by atoms with van der Waals surface area (Å²) in [6.45, 7) is 5.90. The summed E-state index contributed by atoms with van der Waals surface area (Å²) in [6, 6.07) is 0.322. The van der Waals surface area contributed by atoms with E-state index in [0.29, 0.717) is 32.3 Å². The molecule has 0 spiro atoms. The number of carboxylic acid groups (broad SMARTS) is 1. The molecule has 0 unspecified atom stereocenters. The molecule has 0 saturated carbocycles. The van der Waals surface area contributed by atoms with Gasteiger partial charge in [-0.2, -0.15) is 0 Å². The molecule has 6 heteroatoms. The Balaban J connectivity index is 2.27. The fourth-order valence-electron chi connectivity index (χ4n) is 2.05. The van der Waals surface area contributed by atoms with Gasteiger partial charge in [-0.05, 0) is 26.7 Å². The van der Waals surface area contributed by atoms with Gasteiger partial charge in [-0.3, -0.25) is 0 Å². The molecule has 0 aromatic carbocycles. The number of nitrogens with zero attached hydrogens (tertiary/aromatic N) is 1. The highest BCUT2D eigenvalue weighted by atomic mass is 16.6. The Labute approximate surface area is 113 Å². The number of carbonyl (C=O) groups is 2. The van der Waals surface area contributed by atoms with Gasteiger partial charge in [0.25, 0.3) is 0 Å². The maximum absolute atomic E-state index is 11.5. The van der Waals surface area contributed by atoms with E-state index >= 15 is 0 Å². The van der Waals surface area contributed by atoms with Crippen molar-refractivity contribution < 1.29 is 19.4 Å². The van der Waals surface area contributed by atoms with Gasteiger partial charge in [0.15, 0.2) is 0 Å². The number of nitrogens with one attached hydrogen (secondary N) is 1. The highest BCUT2D eigenvalue weighted by Gasteiger charge is 2.22. The average Bonchev–Trinajstić information content (AvgIpc) is 2.36. The first kappa shape index (κ1) is 15.5. The summed E-state index contributed by atoms with van der Waals surface area (Å²) in [5.74, 6) is -0.920. The highest BCUT2D eigenvalue weighted by molar-refractivity contribution is 5.80. The maximum Gasteiger partial charge on any atom is 0.409 e. The van der Waals surface area contributed by atoms with E-state index in [-0.39, 0.29) is 6.09 Å². The Morgan fingerprint density at radius 1 is 1.42 bits per heavy atom. The normalized spacial score (nSPS) is 17.4. The zero-order valence-corrected chi connectivity index (χ0v) is 11.5. The second-order valence-corrected chi connectivity index (χ2v) is 4.67. The van der Waals surface area contributed by atoms with Gasteiger partial charge in [-0.15, -0.1) is 0 Å². The van der Waals surface area contributed by atoms with Crippen molar-refractivity contribution in [3.63, 3.8) is 0 Å². The van der Waals surface area contributed by atoms with Crippen molar-refractivity contribution >= 4 is 12.1 Å². The van der Waals surface area contributed by atoms with E-state index in [1.54, 1.807) is 18.7 Å². The number of carbonyl (C=O) groups excluding carboxylic acids is 1. The molecule has 1 saturated heterocycles. The minimum atomic E-state index is -0.920. The molecular weight excluding hydrogens is 248 g/mol. The first-order valence-electron chi connectivity index (χ1n) is 6.58. The zero-order valence-electron chi connectivity index (χ0n) is 11.5. The Bertz CT molecular complexity index is 347. The molecule has 0 aromatic heterocycles. The quantitative estimate of drug-likeness (QED) is 0.735. The van der Waals surface area contributed by atoms with Crippen LogP contribution in [0.15, 0.2) is 11.6 Å². The molecule has 0 aromatic rings. The second kappa shape index (κ2) is 7.78. The molecule has 1 aliphatic heterocycles. The number of piperidine rings is 1. The number of hydrogen-bond acceptors (Lipinski definition) is 4. The summed E-state index contributed by atoms with van der Waals surface area (Å²) in [7, 11) is 0. The third-order valence-electron chi connectivity index (χ3n) is 3.06. The van der Waals surface area contributed by atoms with Gasteiger partial charge in [-0.1, -0.05) is 5.57 Å². The molecule has 0 aliphatic carbocycles. The molecule has 1 heterocycles. The Morgan fingerprint density at radius 3 is 2.58 bits per heavy atom. The molecule has 108 valence electrons. The Kier molecular flexibility index (Phi) is 6.35. The minimum absolute atomic E-state index is 0.247. The lowest BCUT2D eigenvalue weighted by Crippen LogP contribution is -2.45. The Hall–Kier alpha value is -1.56. The first-order chi connectivity index (χ1) is 9.02. The number of amides is 1. The van der Waals surface area contributed by atoms with Crippen LogP contribution in [0.25, 0.3) is 0 Å². The van der Waals surface area contributed by atoms with Crippen LogP contribution in [0.3, 0.4) is 0 Å². The number of hydrogen-bond donors (Lipinski definition) is 2. The van der Waals surface area contributed by atoms with Crippen LogP contribution in [0.5, 0.6) is 0 Å². The monoisotopic (exact) mass is 270 g/mol. The maximum atomic E-state index is 11.5. The molecule has 1 aliphatic rings. The predicted molar refractivity (Wildman–Crippen MR) is 71.0 cm³/mol. The minimum Gasteiger partial charge on any atom is -0.478 e. The number of carboxylic acids is 1. The van der Waals surface area contributed by atoms with Gasteiger partial charge in [-0.25, -0.2) is 9.59 Å². The van der Waals surface area contributed by atoms with E-state index in [1.807, 2.05) is 0 Å². The van der Waals surface area contributed by atoms with E-state index < -0.39 is 5.97 Å². The molecule has 1 rings (SSSR count). The molecule has 2 N–H and O–H groups in total. The Morgan fingerprint density at radius 2 is 2.05 bits per heavy atom. The van der Waals surface area contributed by atoms with Crippen LogP contribution < -0.4 is 5.32 Å². The second-order valence-electron chi connectivity index (χ2n) is 4.67. The predicted octanol–water partition coefficient (Wildman–Crippen LogP) is 1.23. The van der Waals surface area contributed by atoms with Crippen molar-refractivity contribution in [1.82, 2.24) is 10.2 Å². The molecule has 0 bridgehead atoms. The van der Waals surface area contributed by atoms with Crippen molar-refractivity contribution in [1.29, 1.82) is 0 Å². The summed E-state index contributed by atoms with van der Waals surface area (Å²) in [5, 5.41) is 11.9. The largest absolute Gasteiger partial charge is 0.478 e. The fourth-order valence-corrected chi connectivity index (χ4v) is 2.05. The number of likely N-dealkylation sites (tertiary alicyclic amines) is 1. The average molecular weight is 270 g/mol. The molecule has 1 fully saturated rings. The van der Waals surface area contributed by atoms with Crippen LogP contribution in [0.4, 0.5) is 4.79 Å². The van der Waals surface area contributed by atoms with Crippen molar-refractivity contribution in [3.8, 4) is 0 Å². The van der Waals surface area contributed by atoms with Crippen LogP contribution in [-0.4, -0.2) is 54.4 Å². The van der Waals surface area contributed by atoms with Crippen LogP contribution >= 0.6 is 0 Å². The highest BCUT2D eigenvalue weighted by Crippen LogP contribution is 2.11. The molecule has 1 amide bonds. The molecule has 0 radical (unpaired) electrons. The third-order valence-corrected chi connectivity index (χ3v) is 3.06. The van der Waals surface area contributed by atoms with Gasteiger partial charge >= 0.3 is 12.1 Å². The van der Waals surface area contributed by atoms with Crippen molar-refractivity contribution in [2.75, 3.05) is 26.2 Å². The van der Waals surface area contributed by atoms with Crippen LogP contribution in [0, 0.1) is 0 Å². The summed E-state index contributed by atoms with van der Waals surface area (Å²) >= 11 is 0. The van der Waals surface area contributed by atoms with Crippen LogP contribution in [0.1, 0.15) is 26.7 Å². The topological polar surface area (TPSA) is 78.9 Å². The van der Waals surface area contributed by atoms with Gasteiger partial charge in [0.2, 0.25) is 0 Å². The van der Waals surface area contributed by atoms with Crippen LogP contribution in [0.2, 0.25) is 0 Å². The van der Waals surface area contributed by atoms with Crippen molar-refractivity contribution in [3.05, 3.63) is 11.6 Å². The summed E-state index contributed by atoms with van der Waals surface area (Å²) in [6.07, 6.45) is 2.68. The number of rotatable bonds is 5. The summed E-state index contributed by atoms with van der Waals surface area (Å²) in [5.41, 5.74) is 0.792. The zero-order chi connectivity index (χ0) is 14.3. The van der Waals surface area contributed by atoms with E-state index in [4.69, 9.17) is 9.84 Å². The first-order valence-corrected chi connectivity index (χ1v) is 6.58. The summed E-state index contributed by atoms with van der Waals surface area (Å²) in [4.78, 5) is 23.7. The van der Waals surface area contributed by atoms with Gasteiger partial charge in [0.1, 0.15) is 0 Å². The van der Waals surface area contributed by atoms with Gasteiger partial charge in [0.05, 0.1) is 6.61 Å². The molecule has 6 nitrogen and oxygen atoms in total. The van der Waals surface area contributed by atoms with E-state index in [9.17, 15) is 9.59 Å². The lowest BCUT2D eigenvalue weighted by molar-refractivity contribution is -0.131. The lowest BCUT2D eigenvalue weighted by atomic mass is 10.1. The van der Waals surface area contributed by atoms with Crippen molar-refractivity contribution in [2.45, 2.75) is 32.7 Å². The summed E-state index contributed by atoms with van der Waals surface area (Å²) < 4.78 is 4.95. The lowest BCUT2D eigenvalue weighted by Gasteiger charge is -2.31. The third kappa shape index (κ3) is 5.74. The fraction of sp³-hybridized carbons (Fsp3) is 0.692. The van der Waals surface area contributed by atoms with E-state index in [2.05, 4.69) is 5.32 Å². The van der Waals surface area contributed by atoms with Gasteiger partial charge in [0, 0.05) is 31.8 Å². The molecule has 19 heavy (non-hydrogen) atoms. The smallest absolute Gasteiger partial charge is 0.409 e. The van der Waals surface area contributed by atoms with Crippen LogP contribution in [-0.2, 0) is 9.53 Å². The number of aliphatic carboxylic acids is 1. The van der Waals surface area contributed by atoms with E-state index in [1.165, 1.54) is 6.08 Å². The molecule has 0 atom stereocenters. The van der Waals surface area contributed by atoms with Crippen molar-refractivity contribution in [2.24, 2.45) is 0 Å². The standard InChI is InChI=1S/C13H22N2O4/c1-3-19-13(18)15-6-4-11(5-7-15)14-9-10(2)8-12(16)17/h8,11,14H,3-7,9H2,1-2H3,(H,16,17). The number of ether oxygens (including phenoxy) is 1. The van der Waals surface area contributed by atoms with E-state index in [0.717, 1.165) is 18.4 Å². The SMILES string of the molecule is CCOC(=O)N1CCC(NCC(C)=CC(=O)O)CC1. The van der Waals surface area contributed by atoms with Gasteiger partial charge < -0.3 is 20.1 Å².